The molecule has 1 aliphatic carbocycles. The van der Waals surface area contributed by atoms with Crippen molar-refractivity contribution in [2.45, 2.75) is 44.3 Å². The van der Waals surface area contributed by atoms with Crippen molar-refractivity contribution >= 4 is 17.5 Å². The van der Waals surface area contributed by atoms with Crippen molar-refractivity contribution in [3.05, 3.63) is 189 Å². The summed E-state index contributed by atoms with van der Waals surface area (Å²) >= 11 is 6.73. The third kappa shape index (κ3) is 6.63. The summed E-state index contributed by atoms with van der Waals surface area (Å²) in [5, 5.41) is 26.9. The summed E-state index contributed by atoms with van der Waals surface area (Å²) in [6.07, 6.45) is 4.84. The zero-order chi connectivity index (χ0) is 43.9. The van der Waals surface area contributed by atoms with E-state index in [0.29, 0.717) is 0 Å². The van der Waals surface area contributed by atoms with Gasteiger partial charge in [0.15, 0.2) is 63.5 Å². The molecule has 5 rings (SSSR count). The molecule has 2 aliphatic heterocycles. The lowest BCUT2D eigenvalue weighted by atomic mass is 9.83. The summed E-state index contributed by atoms with van der Waals surface area (Å²) in [6, 6.07) is 3.13. The maximum absolute atomic E-state index is 15.3. The standard InChI is InChI=1S/C40H17ClF10N6O2/c1-39(22-25(42)29(46)33(50)30(47)26(22)43)20(19(15-54)36(58-39)18(13-52)14-53)11-9-16-7-6-8-17(24(16)41)10-12-21-35(55-3)37(38(56-4)57-5)59-40(21,2)23-27(44)31(48)34(51)32(49)28(23)45/h9-12,52H,6-8H2,1-2H3/b12-10+,16-9+,20-11-. The first-order chi connectivity index (χ1) is 27.8. The lowest BCUT2D eigenvalue weighted by molar-refractivity contribution is 0.0654. The number of nitriles is 2. The van der Waals surface area contributed by atoms with Crippen LogP contribution in [0.3, 0.4) is 0 Å². The lowest BCUT2D eigenvalue weighted by Gasteiger charge is -2.29. The van der Waals surface area contributed by atoms with Crippen molar-refractivity contribution in [1.82, 2.24) is 0 Å². The molecule has 0 fully saturated rings. The van der Waals surface area contributed by atoms with E-state index < -0.39 is 126 Å². The Bertz CT molecular complexity index is 2740. The fourth-order valence-electron chi connectivity index (χ4n) is 6.61. The number of benzene rings is 2. The molecule has 3 aliphatic rings. The molecule has 2 aromatic rings. The Labute approximate surface area is 332 Å². The molecule has 0 saturated carbocycles. The molecule has 8 nitrogen and oxygen atoms in total. The summed E-state index contributed by atoms with van der Waals surface area (Å²) < 4.78 is 158. The van der Waals surface area contributed by atoms with Gasteiger partial charge in [-0.3, -0.25) is 5.41 Å². The minimum atomic E-state index is -2.72. The van der Waals surface area contributed by atoms with Gasteiger partial charge in [0.1, 0.15) is 36.5 Å². The van der Waals surface area contributed by atoms with Gasteiger partial charge in [0, 0.05) is 22.0 Å². The molecule has 2 atom stereocenters. The predicted octanol–water partition coefficient (Wildman–Crippen LogP) is 11.0. The van der Waals surface area contributed by atoms with Gasteiger partial charge in [-0.1, -0.05) is 35.9 Å². The van der Waals surface area contributed by atoms with Crippen LogP contribution in [0, 0.1) is 106 Å². The highest BCUT2D eigenvalue weighted by Gasteiger charge is 2.51. The second kappa shape index (κ2) is 15.9. The van der Waals surface area contributed by atoms with Crippen LogP contribution in [0.2, 0.25) is 0 Å². The van der Waals surface area contributed by atoms with E-state index in [1.165, 1.54) is 18.2 Å². The van der Waals surface area contributed by atoms with E-state index in [1.54, 1.807) is 11.9 Å². The smallest absolute Gasteiger partial charge is 0.494 e. The normalized spacial score (nSPS) is 21.5. The summed E-state index contributed by atoms with van der Waals surface area (Å²) in [5.41, 5.74) is -11.4. The van der Waals surface area contributed by atoms with Crippen molar-refractivity contribution in [3.8, 4) is 12.1 Å². The van der Waals surface area contributed by atoms with E-state index in [2.05, 4.69) is 14.5 Å². The SMILES string of the molecule is [C-]#[N+]C([N+]#[C-])=C1OC(C)(c2c(F)c(F)c(F)c(F)c2F)C(/C=C/C2=C(Cl)C(=C/C=C3/C(C#N)=C(C(=C=N)C#N)OC3(C)c3c(F)c(F)c(F)c(F)c3F)/CCC2)=C1[N+]#[C-]. The van der Waals surface area contributed by atoms with Gasteiger partial charge in [0.2, 0.25) is 23.1 Å². The molecular weight excluding hydrogens is 822 g/mol. The van der Waals surface area contributed by atoms with Gasteiger partial charge >= 0.3 is 5.82 Å². The fourth-order valence-corrected chi connectivity index (χ4v) is 6.93. The molecule has 296 valence electrons. The molecule has 0 bridgehead atoms. The maximum atomic E-state index is 15.3. The van der Waals surface area contributed by atoms with E-state index in [0.717, 1.165) is 26.0 Å². The van der Waals surface area contributed by atoms with Crippen LogP contribution in [0.25, 0.3) is 14.5 Å². The molecule has 2 heterocycles. The predicted molar refractivity (Wildman–Crippen MR) is 185 cm³/mol. The Kier molecular flexibility index (Phi) is 11.6. The highest BCUT2D eigenvalue weighted by molar-refractivity contribution is 6.32. The molecule has 19 heteroatoms. The largest absolute Gasteiger partial charge is 0.550 e. The minimum Gasteiger partial charge on any atom is -0.494 e. The van der Waals surface area contributed by atoms with Crippen LogP contribution >= 0.6 is 11.6 Å². The average Bonchev–Trinajstić information content (AvgIpc) is 3.67. The second-order valence-electron chi connectivity index (χ2n) is 12.6. The molecule has 0 saturated heterocycles. The first kappa shape index (κ1) is 42.8. The number of halogens is 11. The van der Waals surface area contributed by atoms with Crippen molar-refractivity contribution in [2.75, 3.05) is 0 Å². The van der Waals surface area contributed by atoms with Crippen molar-refractivity contribution < 1.29 is 53.4 Å². The highest BCUT2D eigenvalue weighted by atomic mass is 35.5. The number of allylic oxidation sites excluding steroid dienone is 7. The van der Waals surface area contributed by atoms with E-state index in [1.807, 2.05) is 0 Å². The fraction of sp³-hybridized carbons (Fsp3) is 0.175. The quantitative estimate of drug-likeness (QED) is 0.0781. The van der Waals surface area contributed by atoms with Crippen LogP contribution in [0.5, 0.6) is 0 Å². The Morgan fingerprint density at radius 2 is 1.25 bits per heavy atom. The number of nitrogens with one attached hydrogen (secondary N) is 1. The van der Waals surface area contributed by atoms with Crippen molar-refractivity contribution in [2.24, 2.45) is 0 Å². The minimum absolute atomic E-state index is 0.110. The molecule has 0 radical (unpaired) electrons. The van der Waals surface area contributed by atoms with Gasteiger partial charge in [0.05, 0.1) is 17.7 Å². The topological polar surface area (TPSA) is 103 Å². The average molecular weight is 839 g/mol. The van der Waals surface area contributed by atoms with Gasteiger partial charge in [0.25, 0.3) is 0 Å². The number of rotatable bonds is 6. The van der Waals surface area contributed by atoms with Crippen LogP contribution in [0.15, 0.2) is 85.8 Å². The summed E-state index contributed by atoms with van der Waals surface area (Å²) in [4.78, 5) is 9.10. The number of hydrogen-bond acceptors (Lipinski definition) is 5. The first-order valence-corrected chi connectivity index (χ1v) is 16.6. The van der Waals surface area contributed by atoms with Crippen LogP contribution in [0.4, 0.5) is 43.9 Å². The Balaban J connectivity index is 1.73. The van der Waals surface area contributed by atoms with Gasteiger partial charge < -0.3 is 9.47 Å². The monoisotopic (exact) mass is 838 g/mol. The molecule has 0 amide bonds. The Morgan fingerprint density at radius 3 is 1.71 bits per heavy atom. The number of hydrogen-bond donors (Lipinski definition) is 1. The van der Waals surface area contributed by atoms with Gasteiger partial charge in [-0.2, -0.15) is 20.2 Å². The van der Waals surface area contributed by atoms with Gasteiger partial charge in [-0.25, -0.2) is 48.7 Å². The molecule has 59 heavy (non-hydrogen) atoms. The Hall–Kier alpha value is -7.29. The highest BCUT2D eigenvalue weighted by Crippen LogP contribution is 2.52. The van der Waals surface area contributed by atoms with Crippen molar-refractivity contribution in [1.29, 1.82) is 15.9 Å². The molecular formula is C40H17ClF10N6O2. The van der Waals surface area contributed by atoms with Gasteiger partial charge in [-0.15, -0.1) is 0 Å². The molecule has 1 N–H and O–H groups in total. The third-order valence-electron chi connectivity index (χ3n) is 9.44. The second-order valence-corrected chi connectivity index (χ2v) is 13.0. The summed E-state index contributed by atoms with van der Waals surface area (Å²) in [6.45, 7) is 24.1. The third-order valence-corrected chi connectivity index (χ3v) is 9.93. The zero-order valence-electron chi connectivity index (χ0n) is 29.6. The first-order valence-electron chi connectivity index (χ1n) is 16.2. The zero-order valence-corrected chi connectivity index (χ0v) is 30.4. The van der Waals surface area contributed by atoms with Crippen LogP contribution in [-0.4, -0.2) is 5.87 Å². The van der Waals surface area contributed by atoms with E-state index in [4.69, 9.17) is 46.2 Å². The molecule has 2 unspecified atom stereocenters. The molecule has 0 spiro atoms. The Morgan fingerprint density at radius 1 is 0.746 bits per heavy atom. The van der Waals surface area contributed by atoms with Crippen LogP contribution in [-0.2, 0) is 20.7 Å². The van der Waals surface area contributed by atoms with Crippen LogP contribution in [0.1, 0.15) is 44.2 Å². The van der Waals surface area contributed by atoms with Gasteiger partial charge in [-0.05, 0) is 44.3 Å². The van der Waals surface area contributed by atoms with Crippen LogP contribution < -0.4 is 0 Å². The summed E-state index contributed by atoms with van der Waals surface area (Å²) in [7, 11) is 0. The number of ether oxygens (including phenoxy) is 2. The molecule has 0 aromatic heterocycles. The number of nitrogens with zero attached hydrogens (tertiary/aromatic N) is 5. The van der Waals surface area contributed by atoms with E-state index in [-0.39, 0.29) is 35.4 Å². The molecule has 2 aromatic carbocycles. The van der Waals surface area contributed by atoms with Crippen molar-refractivity contribution in [3.63, 3.8) is 0 Å². The summed E-state index contributed by atoms with van der Waals surface area (Å²) in [5.74, 6) is -24.6. The van der Waals surface area contributed by atoms with E-state index >= 15 is 17.6 Å². The van der Waals surface area contributed by atoms with E-state index in [9.17, 15) is 36.9 Å². The lowest BCUT2D eigenvalue weighted by Crippen LogP contribution is -2.29. The maximum Gasteiger partial charge on any atom is 0.550 e.